The van der Waals surface area contributed by atoms with Crippen LogP contribution in [0.3, 0.4) is 0 Å². The third-order valence-corrected chi connectivity index (χ3v) is 4.70. The van der Waals surface area contributed by atoms with Crippen LogP contribution in [0, 0.1) is 11.3 Å². The van der Waals surface area contributed by atoms with Crippen LogP contribution in [0.25, 0.3) is 0 Å². The number of carbonyl (C=O) groups is 1. The lowest BCUT2D eigenvalue weighted by atomic mass is 10.1. The highest BCUT2D eigenvalue weighted by Crippen LogP contribution is 2.29. The fourth-order valence-electron chi connectivity index (χ4n) is 3.36. The highest BCUT2D eigenvalue weighted by molar-refractivity contribution is 5.94. The van der Waals surface area contributed by atoms with Gasteiger partial charge in [-0.1, -0.05) is 0 Å². The number of amides is 1. The summed E-state index contributed by atoms with van der Waals surface area (Å²) in [4.78, 5) is 17.0. The molecule has 2 unspecified atom stereocenters. The monoisotopic (exact) mass is 269 g/mol. The van der Waals surface area contributed by atoms with Gasteiger partial charge in [-0.05, 0) is 50.6 Å². The Bertz CT molecular complexity index is 546. The molecule has 1 amide bonds. The van der Waals surface area contributed by atoms with E-state index in [1.54, 1.807) is 24.3 Å². The molecule has 4 heteroatoms. The maximum Gasteiger partial charge on any atom is 0.253 e. The molecule has 1 aromatic rings. The van der Waals surface area contributed by atoms with Crippen molar-refractivity contribution in [2.45, 2.75) is 31.3 Å². The molecule has 0 aromatic heterocycles. The summed E-state index contributed by atoms with van der Waals surface area (Å²) < 4.78 is 0. The van der Waals surface area contributed by atoms with Gasteiger partial charge >= 0.3 is 0 Å². The van der Waals surface area contributed by atoms with Gasteiger partial charge in [0.1, 0.15) is 0 Å². The van der Waals surface area contributed by atoms with Crippen molar-refractivity contribution in [1.29, 1.82) is 5.26 Å². The van der Waals surface area contributed by atoms with E-state index in [-0.39, 0.29) is 5.91 Å². The van der Waals surface area contributed by atoms with Gasteiger partial charge < -0.3 is 4.90 Å². The third-order valence-electron chi connectivity index (χ3n) is 4.70. The fourth-order valence-corrected chi connectivity index (χ4v) is 3.36. The van der Waals surface area contributed by atoms with Crippen LogP contribution in [0.15, 0.2) is 24.3 Å². The number of fused-ring (bicyclic) bond motifs is 2. The van der Waals surface area contributed by atoms with E-state index in [9.17, 15) is 4.79 Å². The van der Waals surface area contributed by atoms with Gasteiger partial charge in [0.2, 0.25) is 0 Å². The number of nitrogens with zero attached hydrogens (tertiary/aromatic N) is 3. The lowest BCUT2D eigenvalue weighted by Crippen LogP contribution is -2.39. The van der Waals surface area contributed by atoms with E-state index in [0.29, 0.717) is 23.2 Å². The SMILES string of the molecule is CN1C2CCC1CN(C(=O)c1ccc(C#N)cc1)CC2. The zero-order valence-electron chi connectivity index (χ0n) is 11.7. The summed E-state index contributed by atoms with van der Waals surface area (Å²) in [6, 6.07) is 10.2. The zero-order valence-corrected chi connectivity index (χ0v) is 11.7. The van der Waals surface area contributed by atoms with Gasteiger partial charge in [-0.3, -0.25) is 9.69 Å². The largest absolute Gasteiger partial charge is 0.337 e. The first kappa shape index (κ1) is 13.1. The normalized spacial score (nSPS) is 26.1. The molecule has 0 saturated carbocycles. The highest BCUT2D eigenvalue weighted by atomic mass is 16.2. The Morgan fingerprint density at radius 1 is 1.20 bits per heavy atom. The van der Waals surface area contributed by atoms with Crippen LogP contribution in [0.2, 0.25) is 0 Å². The molecule has 3 rings (SSSR count). The summed E-state index contributed by atoms with van der Waals surface area (Å²) >= 11 is 0. The molecule has 2 saturated heterocycles. The highest BCUT2D eigenvalue weighted by Gasteiger charge is 2.36. The number of nitriles is 1. The van der Waals surface area contributed by atoms with Gasteiger partial charge in [0.05, 0.1) is 11.6 Å². The Balaban J connectivity index is 1.75. The minimum Gasteiger partial charge on any atom is -0.337 e. The molecular weight excluding hydrogens is 250 g/mol. The predicted octanol–water partition coefficient (Wildman–Crippen LogP) is 1.87. The molecule has 0 spiro atoms. The summed E-state index contributed by atoms with van der Waals surface area (Å²) in [5, 5.41) is 8.80. The molecule has 0 N–H and O–H groups in total. The van der Waals surface area contributed by atoms with Crippen molar-refractivity contribution in [3.8, 4) is 6.07 Å². The second-order valence-corrected chi connectivity index (χ2v) is 5.78. The van der Waals surface area contributed by atoms with E-state index in [0.717, 1.165) is 19.5 Å². The molecule has 0 aliphatic carbocycles. The first-order valence-electron chi connectivity index (χ1n) is 7.20. The van der Waals surface area contributed by atoms with Crippen molar-refractivity contribution in [1.82, 2.24) is 9.80 Å². The lowest BCUT2D eigenvalue weighted by Gasteiger charge is -2.25. The number of hydrogen-bond acceptors (Lipinski definition) is 3. The van der Waals surface area contributed by atoms with Gasteiger partial charge in [-0.2, -0.15) is 5.26 Å². The molecule has 2 aliphatic rings. The molecule has 2 bridgehead atoms. The van der Waals surface area contributed by atoms with Crippen LogP contribution in [0.5, 0.6) is 0 Å². The van der Waals surface area contributed by atoms with E-state index in [1.807, 2.05) is 4.90 Å². The Hall–Kier alpha value is -1.86. The molecule has 2 heterocycles. The predicted molar refractivity (Wildman–Crippen MR) is 76.3 cm³/mol. The Labute approximate surface area is 119 Å². The number of benzene rings is 1. The van der Waals surface area contributed by atoms with Crippen LogP contribution < -0.4 is 0 Å². The van der Waals surface area contributed by atoms with Gasteiger partial charge in [0.15, 0.2) is 0 Å². The van der Waals surface area contributed by atoms with E-state index in [4.69, 9.17) is 5.26 Å². The van der Waals surface area contributed by atoms with Crippen molar-refractivity contribution in [2.75, 3.05) is 20.1 Å². The summed E-state index contributed by atoms with van der Waals surface area (Å²) in [5.74, 6) is 0.0930. The average Bonchev–Trinajstić information content (AvgIpc) is 2.72. The first-order valence-corrected chi connectivity index (χ1v) is 7.20. The lowest BCUT2D eigenvalue weighted by molar-refractivity contribution is 0.0740. The number of hydrogen-bond donors (Lipinski definition) is 0. The van der Waals surface area contributed by atoms with E-state index in [1.165, 1.54) is 12.8 Å². The quantitative estimate of drug-likeness (QED) is 0.782. The molecule has 104 valence electrons. The molecule has 2 aliphatic heterocycles. The molecule has 20 heavy (non-hydrogen) atoms. The van der Waals surface area contributed by atoms with Crippen molar-refractivity contribution in [3.05, 3.63) is 35.4 Å². The Kier molecular flexibility index (Phi) is 3.45. The van der Waals surface area contributed by atoms with Gasteiger partial charge in [-0.25, -0.2) is 0 Å². The minimum absolute atomic E-state index is 0.0930. The summed E-state index contributed by atoms with van der Waals surface area (Å²) in [7, 11) is 2.18. The second-order valence-electron chi connectivity index (χ2n) is 5.78. The number of carbonyl (C=O) groups excluding carboxylic acids is 1. The van der Waals surface area contributed by atoms with Crippen LogP contribution in [0.4, 0.5) is 0 Å². The minimum atomic E-state index is 0.0930. The Morgan fingerprint density at radius 3 is 2.60 bits per heavy atom. The standard InChI is InChI=1S/C16H19N3O/c1-18-14-6-7-15(18)11-19(9-8-14)16(20)13-4-2-12(10-17)3-5-13/h2-5,14-15H,6-9,11H2,1H3. The summed E-state index contributed by atoms with van der Waals surface area (Å²) in [6.45, 7) is 1.66. The molecule has 4 nitrogen and oxygen atoms in total. The molecule has 1 aromatic carbocycles. The van der Waals surface area contributed by atoms with Crippen LogP contribution in [-0.2, 0) is 0 Å². The van der Waals surface area contributed by atoms with E-state index < -0.39 is 0 Å². The second kappa shape index (κ2) is 5.26. The molecule has 2 fully saturated rings. The van der Waals surface area contributed by atoms with Gasteiger partial charge in [-0.15, -0.1) is 0 Å². The molecule has 2 atom stereocenters. The van der Waals surface area contributed by atoms with Crippen molar-refractivity contribution >= 4 is 5.91 Å². The fraction of sp³-hybridized carbons (Fsp3) is 0.500. The van der Waals surface area contributed by atoms with Crippen molar-refractivity contribution < 1.29 is 4.79 Å². The summed E-state index contributed by atoms with van der Waals surface area (Å²) in [6.07, 6.45) is 3.52. The number of rotatable bonds is 1. The van der Waals surface area contributed by atoms with Gasteiger partial charge in [0.25, 0.3) is 5.91 Å². The van der Waals surface area contributed by atoms with Crippen LogP contribution >= 0.6 is 0 Å². The number of likely N-dealkylation sites (tertiary alicyclic amines) is 1. The average molecular weight is 269 g/mol. The molecular formula is C16H19N3O. The smallest absolute Gasteiger partial charge is 0.253 e. The maximum absolute atomic E-state index is 12.6. The van der Waals surface area contributed by atoms with Crippen molar-refractivity contribution in [2.24, 2.45) is 0 Å². The summed E-state index contributed by atoms with van der Waals surface area (Å²) in [5.41, 5.74) is 1.28. The molecule has 0 radical (unpaired) electrons. The van der Waals surface area contributed by atoms with Gasteiger partial charge in [0, 0.05) is 30.7 Å². The van der Waals surface area contributed by atoms with E-state index in [2.05, 4.69) is 18.0 Å². The van der Waals surface area contributed by atoms with Crippen molar-refractivity contribution in [3.63, 3.8) is 0 Å². The van der Waals surface area contributed by atoms with Crippen LogP contribution in [0.1, 0.15) is 35.2 Å². The Morgan fingerprint density at radius 2 is 1.90 bits per heavy atom. The third kappa shape index (κ3) is 2.30. The number of likely N-dealkylation sites (N-methyl/N-ethyl adjacent to an activating group) is 1. The first-order chi connectivity index (χ1) is 9.69. The van der Waals surface area contributed by atoms with Crippen LogP contribution in [-0.4, -0.2) is 47.9 Å². The topological polar surface area (TPSA) is 47.3 Å². The zero-order chi connectivity index (χ0) is 14.1. The maximum atomic E-state index is 12.6. The van der Waals surface area contributed by atoms with E-state index >= 15 is 0 Å².